The van der Waals surface area contributed by atoms with E-state index < -0.39 is 0 Å². The van der Waals surface area contributed by atoms with Crippen molar-refractivity contribution in [3.63, 3.8) is 0 Å². The van der Waals surface area contributed by atoms with E-state index in [-0.39, 0.29) is 39.4 Å². The molecule has 0 nitrogen and oxygen atoms in total. The first-order chi connectivity index (χ1) is 5.93. The van der Waals surface area contributed by atoms with Gasteiger partial charge in [-0.3, -0.25) is 0 Å². The molecule has 2 aliphatic carbocycles. The Balaban J connectivity index is 0. The third kappa shape index (κ3) is 8.15. The van der Waals surface area contributed by atoms with Crippen LogP contribution in [0.5, 0.6) is 0 Å². The standard InChI is InChI=1S/C7H4.C5H5.Au.Fe/c1-2-7-5-3-4-6-7;1-2-4-5-3-1;;/h3-6H;1-5H;;/q-1;;+1;+2. The molecule has 2 aliphatic rings. The van der Waals surface area contributed by atoms with Gasteiger partial charge in [-0.2, -0.15) is 0 Å². The Labute approximate surface area is 115 Å². The van der Waals surface area contributed by atoms with E-state index >= 15 is 0 Å². The molecule has 0 aromatic carbocycles. The average Bonchev–Trinajstić information content (AvgIpc) is 2.81. The van der Waals surface area contributed by atoms with Crippen molar-refractivity contribution < 1.29 is 39.4 Å². The maximum Gasteiger partial charge on any atom is 2.00 e. The van der Waals surface area contributed by atoms with Gasteiger partial charge in [-0.15, -0.1) is 0 Å². The largest absolute Gasteiger partial charge is 2.00 e. The predicted octanol–water partition coefficient (Wildman–Crippen LogP) is 2.00. The van der Waals surface area contributed by atoms with Gasteiger partial charge in [-0.1, -0.05) is 0 Å². The molecule has 0 atom stereocenters. The third-order valence-corrected chi connectivity index (χ3v) is 1.36. The van der Waals surface area contributed by atoms with Gasteiger partial charge in [0.05, 0.1) is 0 Å². The maximum absolute atomic E-state index is 6.61. The van der Waals surface area contributed by atoms with E-state index in [1.54, 1.807) is 0 Å². The molecule has 0 saturated heterocycles. The van der Waals surface area contributed by atoms with Gasteiger partial charge in [0.15, 0.2) is 0 Å². The van der Waals surface area contributed by atoms with E-state index in [1.807, 2.05) is 57.8 Å². The fraction of sp³-hybridized carbons (Fsp3) is 0. The topological polar surface area (TPSA) is 0 Å². The Morgan fingerprint density at radius 2 is 1.14 bits per heavy atom. The van der Waals surface area contributed by atoms with E-state index in [0.717, 1.165) is 5.92 Å². The van der Waals surface area contributed by atoms with Crippen molar-refractivity contribution in [2.75, 3.05) is 0 Å². The summed E-state index contributed by atoms with van der Waals surface area (Å²) in [5.41, 5.74) is 0. The first-order valence-corrected chi connectivity index (χ1v) is 3.74. The molecule has 0 heterocycles. The molecule has 0 amide bonds. The molecule has 14 heavy (non-hydrogen) atoms. The molecule has 0 aliphatic heterocycles. The van der Waals surface area contributed by atoms with E-state index in [1.165, 1.54) is 0 Å². The van der Waals surface area contributed by atoms with Crippen molar-refractivity contribution in [1.29, 1.82) is 0 Å². The molecule has 0 aromatic heterocycles. The predicted molar refractivity (Wildman–Crippen MR) is 49.1 cm³/mol. The fourth-order valence-corrected chi connectivity index (χ4v) is 0.778. The minimum Gasteiger partial charge on any atom is -0.693 e. The third-order valence-electron chi connectivity index (χ3n) is 1.36. The van der Waals surface area contributed by atoms with Crippen molar-refractivity contribution in [2.45, 2.75) is 0 Å². The second kappa shape index (κ2) is 11.9. The van der Waals surface area contributed by atoms with Crippen LogP contribution in [0.2, 0.25) is 0 Å². The van der Waals surface area contributed by atoms with Crippen LogP contribution >= 0.6 is 0 Å². The molecule has 2 rings (SSSR count). The first kappa shape index (κ1) is 17.2. The minimum absolute atomic E-state index is 0. The van der Waals surface area contributed by atoms with Crippen LogP contribution < -0.4 is 0 Å². The summed E-state index contributed by atoms with van der Waals surface area (Å²) in [5, 5.41) is 0. The van der Waals surface area contributed by atoms with Crippen LogP contribution in [0.3, 0.4) is 0 Å². The van der Waals surface area contributed by atoms with Gasteiger partial charge in [0.25, 0.3) is 0 Å². The molecule has 2 saturated carbocycles. The summed E-state index contributed by atoms with van der Waals surface area (Å²) in [7, 11) is 0. The Kier molecular flexibility index (Phi) is 14.6. The smallest absolute Gasteiger partial charge is 0.693 e. The summed E-state index contributed by atoms with van der Waals surface area (Å²) < 4.78 is 0. The average molecular weight is 406 g/mol. The van der Waals surface area contributed by atoms with Gasteiger partial charge in [0, 0.05) is 5.92 Å². The Morgan fingerprint density at radius 1 is 0.786 bits per heavy atom. The Bertz CT molecular complexity index is 133. The summed E-state index contributed by atoms with van der Waals surface area (Å²) in [6.07, 6.45) is 24.1. The van der Waals surface area contributed by atoms with Crippen molar-refractivity contribution >= 4 is 0 Å². The summed E-state index contributed by atoms with van der Waals surface area (Å²) in [4.78, 5) is 0. The summed E-state index contributed by atoms with van der Waals surface area (Å²) in [6, 6.07) is 0. The van der Waals surface area contributed by atoms with Crippen LogP contribution in [-0.2, 0) is 39.4 Å². The summed E-state index contributed by atoms with van der Waals surface area (Å²) in [5.74, 6) is 3.10. The zero-order valence-corrected chi connectivity index (χ0v) is 10.6. The van der Waals surface area contributed by atoms with Crippen LogP contribution in [0.15, 0.2) is 0 Å². The molecular weight excluding hydrogens is 397 g/mol. The SMILES string of the molecule is [Au+].[C-]#C[C]1[CH][CH][CH][CH]1.[CH]1[CH][CH][CH][CH]1.[Fe+2]. The molecule has 0 bridgehead atoms. The summed E-state index contributed by atoms with van der Waals surface area (Å²) >= 11 is 0. The quantitative estimate of drug-likeness (QED) is 0.328. The van der Waals surface area contributed by atoms with Crippen molar-refractivity contribution in [3.05, 3.63) is 70.1 Å². The minimum atomic E-state index is 0. The monoisotopic (exact) mass is 406 g/mol. The molecule has 0 spiro atoms. The van der Waals surface area contributed by atoms with Crippen LogP contribution in [0.1, 0.15) is 0 Å². The van der Waals surface area contributed by atoms with E-state index in [4.69, 9.17) is 6.42 Å². The van der Waals surface area contributed by atoms with E-state index in [0.29, 0.717) is 0 Å². The Hall–Kier alpha value is 0.820. The first-order valence-electron chi connectivity index (χ1n) is 3.74. The molecule has 2 fully saturated rings. The van der Waals surface area contributed by atoms with Crippen LogP contribution in [0, 0.1) is 76.0 Å². The van der Waals surface area contributed by atoms with E-state index in [9.17, 15) is 0 Å². The summed E-state index contributed by atoms with van der Waals surface area (Å²) in [6.45, 7) is 0. The van der Waals surface area contributed by atoms with Crippen LogP contribution in [0.4, 0.5) is 0 Å². The van der Waals surface area contributed by atoms with Crippen molar-refractivity contribution in [1.82, 2.24) is 0 Å². The molecule has 0 N–H and O–H groups in total. The molecule has 2 heteroatoms. The van der Waals surface area contributed by atoms with Crippen LogP contribution in [-0.4, -0.2) is 0 Å². The van der Waals surface area contributed by atoms with Gasteiger partial charge in [-0.25, -0.2) is 0 Å². The fourth-order valence-electron chi connectivity index (χ4n) is 0.778. The van der Waals surface area contributed by atoms with Gasteiger partial charge < -0.3 is 12.3 Å². The van der Waals surface area contributed by atoms with Gasteiger partial charge in [-0.05, 0) is 57.8 Å². The molecule has 74 valence electrons. The van der Waals surface area contributed by atoms with Crippen LogP contribution in [0.25, 0.3) is 0 Å². The van der Waals surface area contributed by atoms with Gasteiger partial charge in [0.2, 0.25) is 0 Å². The zero-order chi connectivity index (χ0) is 8.65. The van der Waals surface area contributed by atoms with Gasteiger partial charge >= 0.3 is 39.4 Å². The maximum atomic E-state index is 6.61. The second-order valence-corrected chi connectivity index (χ2v) is 2.26. The van der Waals surface area contributed by atoms with Crippen molar-refractivity contribution in [2.24, 2.45) is 0 Å². The Morgan fingerprint density at radius 3 is 1.36 bits per heavy atom. The molecule has 10 radical (unpaired) electrons. The van der Waals surface area contributed by atoms with Crippen molar-refractivity contribution in [3.8, 4) is 5.92 Å². The molecule has 0 unspecified atom stereocenters. The normalized spacial score (nSPS) is 19.6. The van der Waals surface area contributed by atoms with E-state index in [2.05, 4.69) is 5.92 Å². The molecular formula is C12H9AuFe+2. The zero-order valence-electron chi connectivity index (χ0n) is 7.35. The number of rotatable bonds is 0. The molecule has 0 aromatic rings. The number of hydrogen-bond acceptors (Lipinski definition) is 0. The number of hydrogen-bond donors (Lipinski definition) is 0. The van der Waals surface area contributed by atoms with Gasteiger partial charge in [0.1, 0.15) is 0 Å². The second-order valence-electron chi connectivity index (χ2n) is 2.26.